The van der Waals surface area contributed by atoms with Crippen LogP contribution in [0.15, 0.2) is 72.8 Å². The molecule has 4 aromatic rings. The SMILES string of the molecule is O=C1OC(=O)c2c1cc1cc(Cc3ccccc3)cc3c1c2-c1ccccc1-3. The van der Waals surface area contributed by atoms with Gasteiger partial charge in [0.05, 0.1) is 11.1 Å². The lowest BCUT2D eigenvalue weighted by Gasteiger charge is -2.09. The van der Waals surface area contributed by atoms with Crippen molar-refractivity contribution in [3.05, 3.63) is 95.1 Å². The van der Waals surface area contributed by atoms with Crippen molar-refractivity contribution in [2.75, 3.05) is 0 Å². The van der Waals surface area contributed by atoms with Gasteiger partial charge in [-0.2, -0.15) is 0 Å². The Morgan fingerprint density at radius 3 is 2.18 bits per heavy atom. The molecular weight excluding hydrogens is 348 g/mol. The normalized spacial score (nSPS) is 13.6. The molecule has 0 saturated heterocycles. The van der Waals surface area contributed by atoms with Gasteiger partial charge >= 0.3 is 11.9 Å². The lowest BCUT2D eigenvalue weighted by Crippen LogP contribution is -1.98. The van der Waals surface area contributed by atoms with Gasteiger partial charge in [0.15, 0.2) is 0 Å². The molecule has 1 aliphatic carbocycles. The van der Waals surface area contributed by atoms with Gasteiger partial charge < -0.3 is 4.74 Å². The fourth-order valence-electron chi connectivity index (χ4n) is 4.52. The Balaban J connectivity index is 1.68. The Morgan fingerprint density at radius 2 is 1.36 bits per heavy atom. The van der Waals surface area contributed by atoms with Crippen LogP contribution in [0.25, 0.3) is 33.0 Å². The van der Waals surface area contributed by atoms with Gasteiger partial charge in [0, 0.05) is 5.56 Å². The second-order valence-electron chi connectivity index (χ2n) is 7.30. The number of ether oxygens (including phenoxy) is 1. The molecule has 6 rings (SSSR count). The summed E-state index contributed by atoms with van der Waals surface area (Å²) in [5.74, 6) is -1.11. The summed E-state index contributed by atoms with van der Waals surface area (Å²) in [7, 11) is 0. The van der Waals surface area contributed by atoms with E-state index in [0.29, 0.717) is 11.1 Å². The van der Waals surface area contributed by atoms with Crippen molar-refractivity contribution >= 4 is 22.7 Å². The summed E-state index contributed by atoms with van der Waals surface area (Å²) in [6.45, 7) is 0. The smallest absolute Gasteiger partial charge is 0.347 e. The molecule has 2 aliphatic rings. The van der Waals surface area contributed by atoms with Crippen LogP contribution < -0.4 is 0 Å². The Morgan fingerprint density at radius 1 is 0.607 bits per heavy atom. The predicted octanol–water partition coefficient (Wildman–Crippen LogP) is 5.39. The quantitative estimate of drug-likeness (QED) is 0.312. The average molecular weight is 362 g/mol. The van der Waals surface area contributed by atoms with Crippen LogP contribution in [0.1, 0.15) is 31.8 Å². The lowest BCUT2D eigenvalue weighted by atomic mass is 9.92. The third-order valence-electron chi connectivity index (χ3n) is 5.64. The maximum atomic E-state index is 12.4. The largest absolute Gasteiger partial charge is 0.386 e. The maximum absolute atomic E-state index is 12.4. The molecule has 0 aromatic heterocycles. The van der Waals surface area contributed by atoms with Crippen LogP contribution in [0.2, 0.25) is 0 Å². The molecule has 0 spiro atoms. The van der Waals surface area contributed by atoms with E-state index in [4.69, 9.17) is 4.74 Å². The molecule has 1 aliphatic heterocycles. The van der Waals surface area contributed by atoms with Gasteiger partial charge in [-0.1, -0.05) is 66.7 Å². The van der Waals surface area contributed by atoms with Crippen LogP contribution in [-0.4, -0.2) is 11.9 Å². The third kappa shape index (κ3) is 1.99. The highest BCUT2D eigenvalue weighted by Crippen LogP contribution is 2.51. The Bertz CT molecular complexity index is 1330. The molecule has 28 heavy (non-hydrogen) atoms. The summed E-state index contributed by atoms with van der Waals surface area (Å²) in [5.41, 5.74) is 7.21. The van der Waals surface area contributed by atoms with Gasteiger partial charge in [0.2, 0.25) is 0 Å². The zero-order chi connectivity index (χ0) is 18.8. The summed E-state index contributed by atoms with van der Waals surface area (Å²) in [6.07, 6.45) is 0.807. The van der Waals surface area contributed by atoms with Gasteiger partial charge in [0.1, 0.15) is 0 Å². The molecular formula is C25H14O3. The van der Waals surface area contributed by atoms with Crippen LogP contribution in [0.4, 0.5) is 0 Å². The second kappa shape index (κ2) is 5.40. The summed E-state index contributed by atoms with van der Waals surface area (Å²) in [6, 6.07) is 24.5. The minimum atomic E-state index is -0.558. The highest BCUT2D eigenvalue weighted by molar-refractivity contribution is 6.27. The molecule has 0 amide bonds. The molecule has 0 radical (unpaired) electrons. The monoisotopic (exact) mass is 362 g/mol. The van der Waals surface area contributed by atoms with Crippen LogP contribution in [0.5, 0.6) is 0 Å². The number of carbonyl (C=O) groups excluding carboxylic acids is 2. The van der Waals surface area contributed by atoms with Gasteiger partial charge in [-0.3, -0.25) is 0 Å². The van der Waals surface area contributed by atoms with Crippen molar-refractivity contribution in [1.29, 1.82) is 0 Å². The Labute approximate surface area is 161 Å². The molecule has 3 nitrogen and oxygen atoms in total. The van der Waals surface area contributed by atoms with Crippen LogP contribution in [-0.2, 0) is 11.2 Å². The second-order valence-corrected chi connectivity index (χ2v) is 7.30. The zero-order valence-corrected chi connectivity index (χ0v) is 14.9. The van der Waals surface area contributed by atoms with E-state index < -0.39 is 11.9 Å². The highest BCUT2D eigenvalue weighted by atomic mass is 16.6. The molecule has 0 saturated carbocycles. The average Bonchev–Trinajstić information content (AvgIpc) is 3.18. The first-order chi connectivity index (χ1) is 13.7. The van der Waals surface area contributed by atoms with Crippen molar-refractivity contribution in [2.45, 2.75) is 6.42 Å². The van der Waals surface area contributed by atoms with Crippen molar-refractivity contribution in [2.24, 2.45) is 0 Å². The van der Waals surface area contributed by atoms with E-state index >= 15 is 0 Å². The fourth-order valence-corrected chi connectivity index (χ4v) is 4.52. The number of rotatable bonds is 2. The number of carbonyl (C=O) groups is 2. The number of benzene rings is 4. The van der Waals surface area contributed by atoms with E-state index in [1.54, 1.807) is 0 Å². The Hall–Kier alpha value is -3.72. The van der Waals surface area contributed by atoms with Crippen molar-refractivity contribution < 1.29 is 14.3 Å². The molecule has 0 fully saturated rings. The van der Waals surface area contributed by atoms with E-state index in [1.165, 1.54) is 11.1 Å². The first-order valence-electron chi connectivity index (χ1n) is 9.24. The fraction of sp³-hybridized carbons (Fsp3) is 0.0400. The van der Waals surface area contributed by atoms with E-state index in [1.807, 2.05) is 42.5 Å². The predicted molar refractivity (Wildman–Crippen MR) is 107 cm³/mol. The van der Waals surface area contributed by atoms with Gasteiger partial charge in [-0.15, -0.1) is 0 Å². The van der Waals surface area contributed by atoms with Gasteiger partial charge in [-0.25, -0.2) is 9.59 Å². The zero-order valence-electron chi connectivity index (χ0n) is 14.9. The molecule has 4 aromatic carbocycles. The standard InChI is InChI=1S/C25H14O3/c26-24-20-13-16-11-15(10-14-6-2-1-3-7-14)12-19-17-8-4-5-9-18(17)22(21(16)19)23(20)25(27)28-24/h1-9,11-13H,10H2. The number of hydrogen-bond acceptors (Lipinski definition) is 3. The van der Waals surface area contributed by atoms with Gasteiger partial charge in [-0.05, 0) is 51.1 Å². The van der Waals surface area contributed by atoms with E-state index in [9.17, 15) is 9.59 Å². The summed E-state index contributed by atoms with van der Waals surface area (Å²) in [5, 5.41) is 2.00. The van der Waals surface area contributed by atoms with Crippen LogP contribution in [0.3, 0.4) is 0 Å². The number of esters is 2. The van der Waals surface area contributed by atoms with Crippen molar-refractivity contribution in [3.63, 3.8) is 0 Å². The molecule has 0 atom stereocenters. The molecule has 132 valence electrons. The topological polar surface area (TPSA) is 43.4 Å². The van der Waals surface area contributed by atoms with Crippen molar-refractivity contribution in [3.8, 4) is 22.3 Å². The molecule has 1 heterocycles. The van der Waals surface area contributed by atoms with E-state index in [2.05, 4.69) is 30.3 Å². The van der Waals surface area contributed by atoms with E-state index in [0.717, 1.165) is 39.4 Å². The third-order valence-corrected chi connectivity index (χ3v) is 5.64. The lowest BCUT2D eigenvalue weighted by molar-refractivity contribution is 0.0444. The number of cyclic esters (lactones) is 2. The highest BCUT2D eigenvalue weighted by Gasteiger charge is 2.37. The summed E-state index contributed by atoms with van der Waals surface area (Å²) >= 11 is 0. The summed E-state index contributed by atoms with van der Waals surface area (Å²) < 4.78 is 4.93. The minimum Gasteiger partial charge on any atom is -0.386 e. The Kier molecular flexibility index (Phi) is 2.96. The summed E-state index contributed by atoms with van der Waals surface area (Å²) in [4.78, 5) is 24.6. The number of fused-ring (bicyclic) bond motifs is 5. The maximum Gasteiger partial charge on any atom is 0.347 e. The first-order valence-corrected chi connectivity index (χ1v) is 9.24. The van der Waals surface area contributed by atoms with Gasteiger partial charge in [0.25, 0.3) is 0 Å². The molecule has 0 unspecified atom stereocenters. The first kappa shape index (κ1) is 15.3. The number of hydrogen-bond donors (Lipinski definition) is 0. The molecule has 3 heteroatoms. The minimum absolute atomic E-state index is 0.368. The van der Waals surface area contributed by atoms with E-state index in [-0.39, 0.29) is 0 Å². The van der Waals surface area contributed by atoms with Crippen LogP contribution >= 0.6 is 0 Å². The van der Waals surface area contributed by atoms with Crippen molar-refractivity contribution in [1.82, 2.24) is 0 Å². The molecule has 0 N–H and O–H groups in total. The van der Waals surface area contributed by atoms with Crippen LogP contribution in [0, 0.1) is 0 Å². The molecule has 0 bridgehead atoms.